The van der Waals surface area contributed by atoms with Crippen molar-refractivity contribution in [2.24, 2.45) is 0 Å². The van der Waals surface area contributed by atoms with Crippen LogP contribution in [0.3, 0.4) is 0 Å². The van der Waals surface area contributed by atoms with Gasteiger partial charge in [0.2, 0.25) is 0 Å². The molecule has 0 aliphatic carbocycles. The van der Waals surface area contributed by atoms with E-state index in [1.807, 2.05) is 13.8 Å². The molecule has 2 N–H and O–H groups in total. The van der Waals surface area contributed by atoms with E-state index in [0.29, 0.717) is 12.1 Å². The molecule has 102 valence electrons. The first-order chi connectivity index (χ1) is 9.21. The standard InChI is InChI=1S/C15H20N2O2/c1-3-13(4-2)17-15(19)14-9-8-12(11-16-14)7-5-6-10-18/h8-9,11,13,18H,3-4,6,10H2,1-2H3,(H,17,19). The summed E-state index contributed by atoms with van der Waals surface area (Å²) < 4.78 is 0. The van der Waals surface area contributed by atoms with Gasteiger partial charge in [-0.1, -0.05) is 25.7 Å². The summed E-state index contributed by atoms with van der Waals surface area (Å²) in [6.07, 6.45) is 3.84. The minimum Gasteiger partial charge on any atom is -0.395 e. The highest BCUT2D eigenvalue weighted by atomic mass is 16.2. The van der Waals surface area contributed by atoms with Crippen LogP contribution in [-0.4, -0.2) is 28.6 Å². The van der Waals surface area contributed by atoms with Crippen LogP contribution < -0.4 is 5.32 Å². The molecule has 1 amide bonds. The lowest BCUT2D eigenvalue weighted by atomic mass is 10.1. The number of hydrogen-bond acceptors (Lipinski definition) is 3. The Labute approximate surface area is 114 Å². The maximum absolute atomic E-state index is 11.9. The number of aliphatic hydroxyl groups is 1. The maximum atomic E-state index is 11.9. The second-order valence-corrected chi connectivity index (χ2v) is 4.19. The lowest BCUT2D eigenvalue weighted by molar-refractivity contribution is 0.0930. The number of pyridine rings is 1. The van der Waals surface area contributed by atoms with E-state index >= 15 is 0 Å². The second-order valence-electron chi connectivity index (χ2n) is 4.19. The summed E-state index contributed by atoms with van der Waals surface area (Å²) in [5.74, 6) is 5.53. The van der Waals surface area contributed by atoms with E-state index in [9.17, 15) is 4.79 Å². The summed E-state index contributed by atoms with van der Waals surface area (Å²) in [6.45, 7) is 4.14. The molecule has 0 aliphatic heterocycles. The molecule has 0 aromatic carbocycles. The molecule has 0 saturated carbocycles. The normalized spacial score (nSPS) is 9.89. The third-order valence-corrected chi connectivity index (χ3v) is 2.79. The van der Waals surface area contributed by atoms with Crippen molar-refractivity contribution >= 4 is 5.91 Å². The number of hydrogen-bond donors (Lipinski definition) is 2. The van der Waals surface area contributed by atoms with Gasteiger partial charge in [0.25, 0.3) is 5.91 Å². The molecule has 0 bridgehead atoms. The Balaban J connectivity index is 2.66. The summed E-state index contributed by atoms with van der Waals surface area (Å²) in [7, 11) is 0. The second kappa shape index (κ2) is 8.28. The molecule has 19 heavy (non-hydrogen) atoms. The minimum absolute atomic E-state index is 0.0519. The fourth-order valence-electron chi connectivity index (χ4n) is 1.57. The predicted molar refractivity (Wildman–Crippen MR) is 74.7 cm³/mol. The number of aliphatic hydroxyl groups excluding tert-OH is 1. The molecule has 0 spiro atoms. The van der Waals surface area contributed by atoms with Crippen LogP contribution in [0.5, 0.6) is 0 Å². The first-order valence-corrected chi connectivity index (χ1v) is 6.57. The van der Waals surface area contributed by atoms with Crippen LogP contribution in [-0.2, 0) is 0 Å². The molecule has 0 unspecified atom stereocenters. The van der Waals surface area contributed by atoms with Crippen LogP contribution in [0.1, 0.15) is 49.2 Å². The Morgan fingerprint density at radius 2 is 2.16 bits per heavy atom. The molecule has 1 heterocycles. The largest absolute Gasteiger partial charge is 0.395 e. The number of carbonyl (C=O) groups excluding carboxylic acids is 1. The molecule has 1 aromatic heterocycles. The fourth-order valence-corrected chi connectivity index (χ4v) is 1.57. The Morgan fingerprint density at radius 1 is 1.42 bits per heavy atom. The van der Waals surface area contributed by atoms with Gasteiger partial charge in [-0.25, -0.2) is 4.98 Å². The number of nitrogens with zero attached hydrogens (tertiary/aromatic N) is 1. The van der Waals surface area contributed by atoms with Gasteiger partial charge in [-0.2, -0.15) is 0 Å². The fraction of sp³-hybridized carbons (Fsp3) is 0.467. The number of nitrogens with one attached hydrogen (secondary N) is 1. The van der Waals surface area contributed by atoms with Gasteiger partial charge < -0.3 is 10.4 Å². The van der Waals surface area contributed by atoms with Crippen molar-refractivity contribution in [2.45, 2.75) is 39.2 Å². The molecule has 0 radical (unpaired) electrons. The summed E-state index contributed by atoms with van der Waals surface area (Å²) in [5.41, 5.74) is 1.15. The molecule has 0 aliphatic rings. The topological polar surface area (TPSA) is 62.2 Å². The highest BCUT2D eigenvalue weighted by molar-refractivity contribution is 5.92. The van der Waals surface area contributed by atoms with Gasteiger partial charge in [-0.3, -0.25) is 4.79 Å². The average Bonchev–Trinajstić information content (AvgIpc) is 2.45. The van der Waals surface area contributed by atoms with Gasteiger partial charge in [0.15, 0.2) is 0 Å². The van der Waals surface area contributed by atoms with Crippen LogP contribution in [0.25, 0.3) is 0 Å². The van der Waals surface area contributed by atoms with Crippen molar-refractivity contribution < 1.29 is 9.90 Å². The van der Waals surface area contributed by atoms with Crippen molar-refractivity contribution in [3.8, 4) is 11.8 Å². The maximum Gasteiger partial charge on any atom is 0.270 e. The van der Waals surface area contributed by atoms with Gasteiger partial charge in [0.1, 0.15) is 5.69 Å². The lowest BCUT2D eigenvalue weighted by Crippen LogP contribution is -2.34. The summed E-state index contributed by atoms with van der Waals surface area (Å²) in [6, 6.07) is 3.62. The molecule has 0 saturated heterocycles. The molecule has 4 heteroatoms. The van der Waals surface area contributed by atoms with Crippen molar-refractivity contribution in [1.29, 1.82) is 0 Å². The van der Waals surface area contributed by atoms with Crippen LogP contribution in [0, 0.1) is 11.8 Å². The lowest BCUT2D eigenvalue weighted by Gasteiger charge is -2.13. The SMILES string of the molecule is CCC(CC)NC(=O)c1ccc(C#CCCO)cn1. The zero-order valence-corrected chi connectivity index (χ0v) is 11.4. The Kier molecular flexibility index (Phi) is 6.62. The smallest absolute Gasteiger partial charge is 0.270 e. The first-order valence-electron chi connectivity index (χ1n) is 6.57. The van der Waals surface area contributed by atoms with E-state index in [0.717, 1.165) is 18.4 Å². The zero-order chi connectivity index (χ0) is 14.1. The van der Waals surface area contributed by atoms with Crippen molar-refractivity contribution in [1.82, 2.24) is 10.3 Å². The molecular formula is C15H20N2O2. The minimum atomic E-state index is -0.149. The van der Waals surface area contributed by atoms with Gasteiger partial charge in [-0.05, 0) is 25.0 Å². The third kappa shape index (κ3) is 5.11. The van der Waals surface area contributed by atoms with Crippen LogP contribution in [0.15, 0.2) is 18.3 Å². The van der Waals surface area contributed by atoms with Crippen LogP contribution in [0.4, 0.5) is 0 Å². The van der Waals surface area contributed by atoms with Crippen molar-refractivity contribution in [2.75, 3.05) is 6.61 Å². The third-order valence-electron chi connectivity index (χ3n) is 2.79. The van der Waals surface area contributed by atoms with Gasteiger partial charge in [-0.15, -0.1) is 0 Å². The van der Waals surface area contributed by atoms with Crippen LogP contribution in [0.2, 0.25) is 0 Å². The van der Waals surface area contributed by atoms with Crippen LogP contribution >= 0.6 is 0 Å². The van der Waals surface area contributed by atoms with E-state index in [2.05, 4.69) is 22.1 Å². The number of carbonyl (C=O) groups is 1. The molecule has 0 atom stereocenters. The molecule has 0 fully saturated rings. The van der Waals surface area contributed by atoms with Crippen molar-refractivity contribution in [3.63, 3.8) is 0 Å². The number of rotatable bonds is 5. The van der Waals surface area contributed by atoms with E-state index in [-0.39, 0.29) is 18.6 Å². The van der Waals surface area contributed by atoms with Gasteiger partial charge in [0.05, 0.1) is 6.61 Å². The Morgan fingerprint density at radius 3 is 2.68 bits per heavy atom. The predicted octanol–water partition coefficient (Wildman–Crippen LogP) is 1.73. The highest BCUT2D eigenvalue weighted by Crippen LogP contribution is 2.02. The summed E-state index contributed by atoms with van der Waals surface area (Å²) in [4.78, 5) is 16.0. The Hall–Kier alpha value is -1.86. The average molecular weight is 260 g/mol. The number of aromatic nitrogens is 1. The first kappa shape index (κ1) is 15.2. The van der Waals surface area contributed by atoms with Crippen molar-refractivity contribution in [3.05, 3.63) is 29.6 Å². The molecule has 1 aromatic rings. The van der Waals surface area contributed by atoms with E-state index in [1.54, 1.807) is 18.3 Å². The Bertz CT molecular complexity index is 453. The summed E-state index contributed by atoms with van der Waals surface area (Å²) in [5, 5.41) is 11.6. The monoisotopic (exact) mass is 260 g/mol. The summed E-state index contributed by atoms with van der Waals surface area (Å²) >= 11 is 0. The van der Waals surface area contributed by atoms with E-state index in [4.69, 9.17) is 5.11 Å². The zero-order valence-electron chi connectivity index (χ0n) is 11.4. The molecule has 1 rings (SSSR count). The number of amides is 1. The van der Waals surface area contributed by atoms with Gasteiger partial charge in [0, 0.05) is 24.2 Å². The van der Waals surface area contributed by atoms with E-state index in [1.165, 1.54) is 0 Å². The molecule has 4 nitrogen and oxygen atoms in total. The highest BCUT2D eigenvalue weighted by Gasteiger charge is 2.11. The van der Waals surface area contributed by atoms with E-state index < -0.39 is 0 Å². The quantitative estimate of drug-likeness (QED) is 0.793. The molecular weight excluding hydrogens is 240 g/mol. The van der Waals surface area contributed by atoms with Gasteiger partial charge >= 0.3 is 0 Å².